The lowest BCUT2D eigenvalue weighted by atomic mass is 10.2. The Morgan fingerprint density at radius 2 is 1.83 bits per heavy atom. The fourth-order valence-corrected chi connectivity index (χ4v) is 3.23. The van der Waals surface area contributed by atoms with Gasteiger partial charge in [0, 0.05) is 17.5 Å². The summed E-state index contributed by atoms with van der Waals surface area (Å²) in [5.41, 5.74) is 0.862. The van der Waals surface area contributed by atoms with Crippen molar-refractivity contribution in [3.05, 3.63) is 47.1 Å². The van der Waals surface area contributed by atoms with Gasteiger partial charge in [0.2, 0.25) is 5.91 Å². The first-order chi connectivity index (χ1) is 11.4. The van der Waals surface area contributed by atoms with Gasteiger partial charge in [-0.25, -0.2) is 4.39 Å². The van der Waals surface area contributed by atoms with Gasteiger partial charge in [-0.2, -0.15) is 0 Å². The van der Waals surface area contributed by atoms with E-state index in [2.05, 4.69) is 5.32 Å². The Bertz CT molecular complexity index is 710. The Hall–Kier alpha value is -2.21. The second-order valence-electron chi connectivity index (χ2n) is 5.71. The minimum Gasteiger partial charge on any atom is -0.352 e. The molecule has 2 aromatic rings. The number of thiophene rings is 1. The molecule has 1 heterocycles. The fraction of sp³-hybridized carbons (Fsp3) is 0.333. The number of carbonyl (C=O) groups excluding carboxylic acids is 2. The zero-order chi connectivity index (χ0) is 17.7. The van der Waals surface area contributed by atoms with Crippen LogP contribution in [0.1, 0.15) is 30.4 Å². The predicted molar refractivity (Wildman–Crippen MR) is 94.6 cm³/mol. The summed E-state index contributed by atoms with van der Waals surface area (Å²) in [4.78, 5) is 27.4. The van der Waals surface area contributed by atoms with Gasteiger partial charge in [0.15, 0.2) is 0 Å². The number of hydrogen-bond donors (Lipinski definition) is 1. The van der Waals surface area contributed by atoms with Crippen molar-refractivity contribution in [2.24, 2.45) is 0 Å². The lowest BCUT2D eigenvalue weighted by Gasteiger charge is -2.20. The van der Waals surface area contributed by atoms with Gasteiger partial charge in [-0.15, -0.1) is 11.3 Å². The molecule has 2 rings (SSSR count). The molecule has 0 aliphatic rings. The number of rotatable bonds is 6. The van der Waals surface area contributed by atoms with Gasteiger partial charge in [-0.3, -0.25) is 9.59 Å². The smallest absolute Gasteiger partial charge is 0.264 e. The summed E-state index contributed by atoms with van der Waals surface area (Å²) in [5.74, 6) is -0.634. The number of carbonyl (C=O) groups is 2. The molecule has 6 heteroatoms. The standard InChI is InChI=1S/C18H21FN2O2S/c1-4-21(11-17(22)20-12(2)3)18(23)16-10-9-15(24-16)13-5-7-14(19)8-6-13/h5-10,12H,4,11H2,1-3H3,(H,20,22). The van der Waals surface area contributed by atoms with E-state index >= 15 is 0 Å². The van der Waals surface area contributed by atoms with Crippen LogP contribution in [0.15, 0.2) is 36.4 Å². The van der Waals surface area contributed by atoms with Crippen molar-refractivity contribution in [2.75, 3.05) is 13.1 Å². The van der Waals surface area contributed by atoms with Gasteiger partial charge in [0.05, 0.1) is 11.4 Å². The number of nitrogens with zero attached hydrogens (tertiary/aromatic N) is 1. The third-order valence-electron chi connectivity index (χ3n) is 3.40. The summed E-state index contributed by atoms with van der Waals surface area (Å²) in [6, 6.07) is 9.78. The van der Waals surface area contributed by atoms with Crippen molar-refractivity contribution in [1.82, 2.24) is 10.2 Å². The van der Waals surface area contributed by atoms with Gasteiger partial charge < -0.3 is 10.2 Å². The van der Waals surface area contributed by atoms with E-state index in [9.17, 15) is 14.0 Å². The molecule has 0 saturated heterocycles. The third-order valence-corrected chi connectivity index (χ3v) is 4.52. The molecule has 0 aliphatic heterocycles. The largest absolute Gasteiger partial charge is 0.352 e. The summed E-state index contributed by atoms with van der Waals surface area (Å²) in [6.45, 7) is 6.09. The van der Waals surface area contributed by atoms with Crippen LogP contribution in [0.3, 0.4) is 0 Å². The summed E-state index contributed by atoms with van der Waals surface area (Å²) >= 11 is 1.34. The molecule has 1 aromatic carbocycles. The molecule has 2 amide bonds. The number of halogens is 1. The maximum Gasteiger partial charge on any atom is 0.264 e. The molecule has 0 spiro atoms. The molecular formula is C18H21FN2O2S. The van der Waals surface area contributed by atoms with Gasteiger partial charge in [-0.1, -0.05) is 12.1 Å². The second-order valence-corrected chi connectivity index (χ2v) is 6.80. The Kier molecular flexibility index (Phi) is 6.09. The SMILES string of the molecule is CCN(CC(=O)NC(C)C)C(=O)c1ccc(-c2ccc(F)cc2)s1. The lowest BCUT2D eigenvalue weighted by molar-refractivity contribution is -0.122. The first-order valence-electron chi connectivity index (χ1n) is 7.85. The van der Waals surface area contributed by atoms with Crippen molar-refractivity contribution in [3.63, 3.8) is 0 Å². The van der Waals surface area contributed by atoms with Gasteiger partial charge in [0.25, 0.3) is 5.91 Å². The normalized spacial score (nSPS) is 10.7. The van der Waals surface area contributed by atoms with Crippen LogP contribution in [0.4, 0.5) is 4.39 Å². The van der Waals surface area contributed by atoms with E-state index in [1.807, 2.05) is 26.8 Å². The van der Waals surface area contributed by atoms with Crippen LogP contribution in [0.2, 0.25) is 0 Å². The van der Waals surface area contributed by atoms with E-state index in [1.165, 1.54) is 28.4 Å². The van der Waals surface area contributed by atoms with Crippen LogP contribution >= 0.6 is 11.3 Å². The molecule has 0 atom stereocenters. The van der Waals surface area contributed by atoms with E-state index in [0.717, 1.165) is 10.4 Å². The molecule has 1 N–H and O–H groups in total. The molecular weight excluding hydrogens is 327 g/mol. The van der Waals surface area contributed by atoms with Gasteiger partial charge in [0.1, 0.15) is 5.82 Å². The molecule has 4 nitrogen and oxygen atoms in total. The van der Waals surface area contributed by atoms with Crippen LogP contribution in [0.25, 0.3) is 10.4 Å². The number of hydrogen-bond acceptors (Lipinski definition) is 3. The first-order valence-corrected chi connectivity index (χ1v) is 8.66. The van der Waals surface area contributed by atoms with Gasteiger partial charge >= 0.3 is 0 Å². The maximum atomic E-state index is 13.0. The Morgan fingerprint density at radius 1 is 1.17 bits per heavy atom. The van der Waals surface area contributed by atoms with Gasteiger partial charge in [-0.05, 0) is 50.6 Å². The Morgan fingerprint density at radius 3 is 2.42 bits per heavy atom. The monoisotopic (exact) mass is 348 g/mol. The molecule has 1 aromatic heterocycles. The van der Waals surface area contributed by atoms with Crippen LogP contribution in [-0.2, 0) is 4.79 Å². The van der Waals surface area contributed by atoms with Crippen LogP contribution in [0, 0.1) is 5.82 Å². The molecule has 0 saturated carbocycles. The maximum absolute atomic E-state index is 13.0. The van der Waals surface area contributed by atoms with Crippen LogP contribution in [-0.4, -0.2) is 35.8 Å². The molecule has 0 unspecified atom stereocenters. The lowest BCUT2D eigenvalue weighted by Crippen LogP contribution is -2.42. The number of nitrogens with one attached hydrogen (secondary N) is 1. The van der Waals surface area contributed by atoms with E-state index in [1.54, 1.807) is 18.2 Å². The molecule has 0 bridgehead atoms. The summed E-state index contributed by atoms with van der Waals surface area (Å²) in [7, 11) is 0. The highest BCUT2D eigenvalue weighted by Gasteiger charge is 2.19. The summed E-state index contributed by atoms with van der Waals surface area (Å²) in [5, 5.41) is 2.79. The van der Waals surface area contributed by atoms with E-state index in [0.29, 0.717) is 11.4 Å². The average molecular weight is 348 g/mol. The highest BCUT2D eigenvalue weighted by molar-refractivity contribution is 7.17. The second kappa shape index (κ2) is 8.06. The topological polar surface area (TPSA) is 49.4 Å². The van der Waals surface area contributed by atoms with E-state index < -0.39 is 0 Å². The predicted octanol–water partition coefficient (Wildman–Crippen LogP) is 3.54. The average Bonchev–Trinajstić information content (AvgIpc) is 3.02. The zero-order valence-corrected chi connectivity index (χ0v) is 14.8. The quantitative estimate of drug-likeness (QED) is 0.868. The van der Waals surface area contributed by atoms with E-state index in [-0.39, 0.29) is 30.2 Å². The van der Waals surface area contributed by atoms with Crippen LogP contribution in [0.5, 0.6) is 0 Å². The van der Waals surface area contributed by atoms with Crippen molar-refractivity contribution in [2.45, 2.75) is 26.8 Å². The fourth-order valence-electron chi connectivity index (χ4n) is 2.25. The summed E-state index contributed by atoms with van der Waals surface area (Å²) < 4.78 is 13.0. The minimum atomic E-state index is -0.292. The first kappa shape index (κ1) is 18.1. The zero-order valence-electron chi connectivity index (χ0n) is 14.0. The van der Waals surface area contributed by atoms with Crippen molar-refractivity contribution in [3.8, 4) is 10.4 Å². The highest BCUT2D eigenvalue weighted by Crippen LogP contribution is 2.29. The molecule has 0 fully saturated rings. The Labute approximate surface area is 145 Å². The molecule has 24 heavy (non-hydrogen) atoms. The Balaban J connectivity index is 2.11. The third kappa shape index (κ3) is 4.64. The van der Waals surface area contributed by atoms with Crippen molar-refractivity contribution in [1.29, 1.82) is 0 Å². The van der Waals surface area contributed by atoms with E-state index in [4.69, 9.17) is 0 Å². The number of benzene rings is 1. The number of amides is 2. The minimum absolute atomic E-state index is 0.0390. The number of likely N-dealkylation sites (N-methyl/N-ethyl adjacent to an activating group) is 1. The molecule has 128 valence electrons. The van der Waals surface area contributed by atoms with Crippen molar-refractivity contribution >= 4 is 23.2 Å². The molecule has 0 radical (unpaired) electrons. The van der Waals surface area contributed by atoms with Crippen molar-refractivity contribution < 1.29 is 14.0 Å². The summed E-state index contributed by atoms with van der Waals surface area (Å²) in [6.07, 6.45) is 0. The molecule has 0 aliphatic carbocycles. The highest BCUT2D eigenvalue weighted by atomic mass is 32.1. The van der Waals surface area contributed by atoms with Crippen LogP contribution < -0.4 is 5.32 Å².